The Balaban J connectivity index is 1.77. The highest BCUT2D eigenvalue weighted by Crippen LogP contribution is 2.30. The van der Waals surface area contributed by atoms with Gasteiger partial charge in [0.25, 0.3) is 16.0 Å². The molecule has 3 aromatic carbocycles. The molecule has 0 aliphatic carbocycles. The largest absolute Gasteiger partial charge is 0.387 e. The van der Waals surface area contributed by atoms with E-state index in [1.165, 1.54) is 5.01 Å². The highest BCUT2D eigenvalue weighted by molar-refractivity contribution is 7.90. The zero-order chi connectivity index (χ0) is 26.8. The van der Waals surface area contributed by atoms with Gasteiger partial charge < -0.3 is 5.73 Å². The lowest BCUT2D eigenvalue weighted by Crippen LogP contribution is -2.27. The van der Waals surface area contributed by atoms with Gasteiger partial charge in [-0.15, -0.1) is 4.40 Å². The van der Waals surface area contributed by atoms with E-state index in [2.05, 4.69) is 30.2 Å². The zero-order valence-corrected chi connectivity index (χ0v) is 22.8. The van der Waals surface area contributed by atoms with Crippen LogP contribution in [0.1, 0.15) is 50.3 Å². The number of sulfonamides is 1. The second-order valence-corrected chi connectivity index (χ2v) is 12.0. The van der Waals surface area contributed by atoms with Gasteiger partial charge in [-0.3, -0.25) is 0 Å². The molecule has 0 saturated carbocycles. The summed E-state index contributed by atoms with van der Waals surface area (Å²) in [6.07, 6.45) is 0. The van der Waals surface area contributed by atoms with Crippen LogP contribution in [-0.2, 0) is 15.4 Å². The van der Waals surface area contributed by atoms with Gasteiger partial charge in [0, 0.05) is 10.9 Å². The number of hydrogen-bond donors (Lipinski definition) is 1. The first-order valence-corrected chi connectivity index (χ1v) is 13.7. The molecule has 4 rings (SSSR count). The van der Waals surface area contributed by atoms with E-state index >= 15 is 0 Å². The van der Waals surface area contributed by atoms with Crippen molar-refractivity contribution in [2.45, 2.75) is 43.9 Å². The Morgan fingerprint density at radius 1 is 1.00 bits per heavy atom. The summed E-state index contributed by atoms with van der Waals surface area (Å²) < 4.78 is 30.7. The lowest BCUT2D eigenvalue weighted by Gasteiger charge is -2.19. The van der Waals surface area contributed by atoms with Crippen LogP contribution in [0.25, 0.3) is 0 Å². The van der Waals surface area contributed by atoms with Gasteiger partial charge >= 0.3 is 0 Å². The van der Waals surface area contributed by atoms with Gasteiger partial charge in [-0.25, -0.2) is 5.01 Å². The molecule has 0 bridgehead atoms. The average molecular weight is 536 g/mol. The lowest BCUT2D eigenvalue weighted by molar-refractivity contribution is 0.470. The SMILES string of the molecule is CC(N)=NC(=NS(=O)(=O)c1ccc(C(C)(C)C)cc1)N1CC(c2ccccc2)C(c2ccc(Cl)cc2)=N1. The molecule has 7 nitrogen and oxygen atoms in total. The van der Waals surface area contributed by atoms with Crippen molar-refractivity contribution in [2.24, 2.45) is 20.2 Å². The molecule has 37 heavy (non-hydrogen) atoms. The van der Waals surface area contributed by atoms with E-state index in [1.807, 2.05) is 42.5 Å². The van der Waals surface area contributed by atoms with Gasteiger partial charge in [0.15, 0.2) is 0 Å². The summed E-state index contributed by atoms with van der Waals surface area (Å²) in [5.41, 5.74) is 9.46. The second kappa shape index (κ2) is 10.5. The number of hydrogen-bond acceptors (Lipinski definition) is 3. The molecular formula is C28H30ClN5O2S. The first-order chi connectivity index (χ1) is 17.4. The van der Waals surface area contributed by atoms with Crippen molar-refractivity contribution in [2.75, 3.05) is 6.54 Å². The van der Waals surface area contributed by atoms with E-state index in [0.717, 1.165) is 22.4 Å². The molecule has 1 atom stereocenters. The summed E-state index contributed by atoms with van der Waals surface area (Å²) in [4.78, 5) is 4.33. The smallest absolute Gasteiger partial charge is 0.285 e. The van der Waals surface area contributed by atoms with Gasteiger partial charge in [-0.1, -0.05) is 87.0 Å². The van der Waals surface area contributed by atoms with Gasteiger partial charge in [0.1, 0.15) is 0 Å². The van der Waals surface area contributed by atoms with Crippen LogP contribution in [0.5, 0.6) is 0 Å². The van der Waals surface area contributed by atoms with E-state index < -0.39 is 10.0 Å². The molecule has 192 valence electrons. The third-order valence-corrected chi connectivity index (χ3v) is 7.51. The number of amidine groups is 1. The van der Waals surface area contributed by atoms with Gasteiger partial charge in [0.05, 0.1) is 23.0 Å². The van der Waals surface area contributed by atoms with E-state index in [-0.39, 0.29) is 28.0 Å². The monoisotopic (exact) mass is 535 g/mol. The van der Waals surface area contributed by atoms with Crippen LogP contribution < -0.4 is 5.73 Å². The summed E-state index contributed by atoms with van der Waals surface area (Å²) in [5.74, 6) is -0.0668. The molecule has 2 N–H and O–H groups in total. The van der Waals surface area contributed by atoms with Crippen LogP contribution in [-0.4, -0.2) is 37.5 Å². The van der Waals surface area contributed by atoms with Crippen molar-refractivity contribution in [3.05, 3.63) is 101 Å². The van der Waals surface area contributed by atoms with Crippen LogP contribution in [0.2, 0.25) is 5.02 Å². The molecule has 0 aromatic heterocycles. The maximum atomic E-state index is 13.3. The fourth-order valence-electron chi connectivity index (χ4n) is 4.02. The quantitative estimate of drug-likeness (QED) is 0.349. The molecule has 0 fully saturated rings. The number of guanidine groups is 1. The summed E-state index contributed by atoms with van der Waals surface area (Å²) >= 11 is 6.11. The predicted molar refractivity (Wildman–Crippen MR) is 151 cm³/mol. The minimum absolute atomic E-state index is 0.0728. The Kier molecular flexibility index (Phi) is 7.52. The number of halogens is 1. The zero-order valence-electron chi connectivity index (χ0n) is 21.3. The molecule has 0 amide bonds. The summed E-state index contributed by atoms with van der Waals surface area (Å²) in [6.45, 7) is 8.12. The van der Waals surface area contributed by atoms with Crippen molar-refractivity contribution in [3.8, 4) is 0 Å². The van der Waals surface area contributed by atoms with Crippen LogP contribution in [0, 0.1) is 0 Å². The third-order valence-electron chi connectivity index (χ3n) is 5.98. The first kappa shape index (κ1) is 26.6. The number of nitrogens with zero attached hydrogens (tertiary/aromatic N) is 4. The summed E-state index contributed by atoms with van der Waals surface area (Å²) in [5, 5.41) is 6.89. The summed E-state index contributed by atoms with van der Waals surface area (Å²) in [7, 11) is -4.08. The highest BCUT2D eigenvalue weighted by Gasteiger charge is 2.32. The topological polar surface area (TPSA) is 100 Å². The van der Waals surface area contributed by atoms with Gasteiger partial charge in [-0.2, -0.15) is 18.5 Å². The molecule has 0 saturated heterocycles. The molecule has 1 unspecified atom stereocenters. The van der Waals surface area contributed by atoms with Crippen LogP contribution in [0.3, 0.4) is 0 Å². The van der Waals surface area contributed by atoms with E-state index in [1.54, 1.807) is 43.3 Å². The number of rotatable bonds is 4. The van der Waals surface area contributed by atoms with E-state index in [9.17, 15) is 8.42 Å². The Hall–Kier alpha value is -3.49. The molecule has 1 heterocycles. The van der Waals surface area contributed by atoms with Gasteiger partial charge in [-0.05, 0) is 53.3 Å². The maximum Gasteiger partial charge on any atom is 0.285 e. The first-order valence-electron chi connectivity index (χ1n) is 11.9. The average Bonchev–Trinajstić information content (AvgIpc) is 3.29. The Bertz CT molecular complexity index is 1450. The summed E-state index contributed by atoms with van der Waals surface area (Å²) in [6, 6.07) is 24.0. The van der Waals surface area contributed by atoms with Gasteiger partial charge in [0.2, 0.25) is 0 Å². The van der Waals surface area contributed by atoms with E-state index in [4.69, 9.17) is 22.4 Å². The lowest BCUT2D eigenvalue weighted by atomic mass is 9.87. The van der Waals surface area contributed by atoms with Crippen LogP contribution in [0.4, 0.5) is 0 Å². The molecule has 1 aliphatic heterocycles. The minimum Gasteiger partial charge on any atom is -0.387 e. The Morgan fingerprint density at radius 3 is 2.19 bits per heavy atom. The molecule has 1 aliphatic rings. The Labute approximate surface area is 223 Å². The standard InChI is InChI=1S/C28H30ClN5O2S/c1-19(30)31-27(33-37(35,36)24-16-12-22(13-17-24)28(2,3)4)34-18-25(20-8-6-5-7-9-20)26(32-34)21-10-14-23(29)15-11-21/h5-17,25H,18H2,1-4H3,(H2,30,31,33). The number of nitrogens with two attached hydrogens (primary N) is 1. The van der Waals surface area contributed by atoms with Crippen LogP contribution >= 0.6 is 11.6 Å². The normalized spacial score (nSPS) is 17.2. The fourth-order valence-corrected chi connectivity index (χ4v) is 5.09. The molecular weight excluding hydrogens is 506 g/mol. The van der Waals surface area contributed by atoms with Crippen LogP contribution in [0.15, 0.2) is 98.2 Å². The van der Waals surface area contributed by atoms with Crippen molar-refractivity contribution in [1.82, 2.24) is 5.01 Å². The van der Waals surface area contributed by atoms with E-state index in [0.29, 0.717) is 11.6 Å². The fraction of sp³-hybridized carbons (Fsp3) is 0.250. The number of hydrazone groups is 1. The maximum absolute atomic E-state index is 13.3. The van der Waals surface area contributed by atoms with Crippen molar-refractivity contribution in [3.63, 3.8) is 0 Å². The van der Waals surface area contributed by atoms with Crippen molar-refractivity contribution in [1.29, 1.82) is 0 Å². The number of benzene rings is 3. The number of aliphatic imine (C=N–C) groups is 1. The molecule has 9 heteroatoms. The van der Waals surface area contributed by atoms with Crippen molar-refractivity contribution < 1.29 is 8.42 Å². The highest BCUT2D eigenvalue weighted by atomic mass is 35.5. The third kappa shape index (κ3) is 6.26. The Morgan fingerprint density at radius 2 is 1.62 bits per heavy atom. The minimum atomic E-state index is -4.08. The molecule has 0 spiro atoms. The molecule has 0 radical (unpaired) electrons. The van der Waals surface area contributed by atoms with Crippen molar-refractivity contribution >= 4 is 39.1 Å². The predicted octanol–water partition coefficient (Wildman–Crippen LogP) is 5.56. The molecule has 3 aromatic rings. The second-order valence-electron chi connectivity index (χ2n) is 9.93.